The molecule has 2 nitrogen and oxygen atoms in total. The van der Waals surface area contributed by atoms with Gasteiger partial charge in [0.05, 0.1) is 6.10 Å². The van der Waals surface area contributed by atoms with Gasteiger partial charge >= 0.3 is 5.51 Å². The van der Waals surface area contributed by atoms with Gasteiger partial charge in [0.25, 0.3) is 0 Å². The highest BCUT2D eigenvalue weighted by Crippen LogP contribution is 2.38. The smallest absolute Gasteiger partial charge is 0.390 e. The fraction of sp³-hybridized carbons (Fsp3) is 0.174. The molecule has 0 bridgehead atoms. The van der Waals surface area contributed by atoms with Crippen molar-refractivity contribution in [2.24, 2.45) is 4.99 Å². The zero-order chi connectivity index (χ0) is 21.3. The highest BCUT2D eigenvalue weighted by Gasteiger charge is 2.30. The average molecular weight is 448 g/mol. The summed E-state index contributed by atoms with van der Waals surface area (Å²) in [7, 11) is 0. The van der Waals surface area contributed by atoms with E-state index in [4.69, 9.17) is 16.6 Å². The summed E-state index contributed by atoms with van der Waals surface area (Å²) in [4.78, 5) is 4.84. The second-order valence-corrected chi connectivity index (χ2v) is 8.51. The van der Waals surface area contributed by atoms with Crippen LogP contribution in [-0.4, -0.2) is 22.4 Å². The number of rotatable bonds is 4. The van der Waals surface area contributed by atoms with Crippen LogP contribution in [-0.2, 0) is 0 Å². The molecule has 0 amide bonds. The van der Waals surface area contributed by atoms with Crippen LogP contribution in [0, 0.1) is 0 Å². The van der Waals surface area contributed by atoms with Gasteiger partial charge in [0, 0.05) is 27.6 Å². The topological polar surface area (TPSA) is 32.6 Å². The fourth-order valence-corrected chi connectivity index (χ4v) is 4.29. The van der Waals surface area contributed by atoms with Gasteiger partial charge in [0.1, 0.15) is 6.04 Å². The number of thioether (sulfide) groups is 1. The van der Waals surface area contributed by atoms with Gasteiger partial charge in [0.2, 0.25) is 0 Å². The second kappa shape index (κ2) is 8.46. The fourth-order valence-electron chi connectivity index (χ4n) is 3.51. The molecule has 154 valence electrons. The summed E-state index contributed by atoms with van der Waals surface area (Å²) in [6, 6.07) is 20.9. The van der Waals surface area contributed by atoms with Crippen LogP contribution in [0.2, 0.25) is 5.02 Å². The van der Waals surface area contributed by atoms with Gasteiger partial charge in [-0.2, -0.15) is 13.2 Å². The second-order valence-electron chi connectivity index (χ2n) is 6.97. The van der Waals surface area contributed by atoms with Crippen LogP contribution in [0.4, 0.5) is 13.2 Å². The summed E-state index contributed by atoms with van der Waals surface area (Å²) in [6.45, 7) is 0. The molecule has 0 spiro atoms. The van der Waals surface area contributed by atoms with Crippen molar-refractivity contribution in [1.29, 1.82) is 0 Å². The molecule has 2 unspecified atom stereocenters. The van der Waals surface area contributed by atoms with E-state index in [1.54, 1.807) is 18.2 Å². The molecule has 0 saturated heterocycles. The third kappa shape index (κ3) is 4.72. The lowest BCUT2D eigenvalue weighted by molar-refractivity contribution is -0.0328. The van der Waals surface area contributed by atoms with Crippen LogP contribution >= 0.6 is 23.4 Å². The van der Waals surface area contributed by atoms with E-state index in [0.717, 1.165) is 28.0 Å². The van der Waals surface area contributed by atoms with Gasteiger partial charge < -0.3 is 5.11 Å². The molecule has 2 atom stereocenters. The van der Waals surface area contributed by atoms with Crippen LogP contribution in [0.1, 0.15) is 23.6 Å². The monoisotopic (exact) mass is 447 g/mol. The summed E-state index contributed by atoms with van der Waals surface area (Å²) in [6.07, 6.45) is -0.213. The summed E-state index contributed by atoms with van der Waals surface area (Å²) in [5, 5.41) is 11.1. The third-order valence-electron chi connectivity index (χ3n) is 4.92. The number of aliphatic hydroxyl groups excluding tert-OH is 1. The molecular weight excluding hydrogens is 431 g/mol. The Hall–Kier alpha value is -2.28. The SMILES string of the molecule is OC1CC(c2ccccc2Cl)=NC1c1ccc(-c2ccc(SC(F)(F)F)cc2)cc1. The standard InChI is InChI=1S/C23H17ClF3NOS/c24-19-4-2-1-3-18(19)20-13-21(29)22(28-20)16-7-5-14(6-8-16)15-9-11-17(12-10-15)30-23(25,26)27/h1-12,21-22,29H,13H2. The first-order valence-electron chi connectivity index (χ1n) is 9.26. The minimum atomic E-state index is -4.30. The van der Waals surface area contributed by atoms with Crippen LogP contribution in [0.25, 0.3) is 11.1 Å². The Balaban J connectivity index is 1.53. The molecular formula is C23H17ClF3NOS. The van der Waals surface area contributed by atoms with E-state index in [-0.39, 0.29) is 22.7 Å². The van der Waals surface area contributed by atoms with Crippen LogP contribution in [0.3, 0.4) is 0 Å². The third-order valence-corrected chi connectivity index (χ3v) is 5.99. The van der Waals surface area contributed by atoms with Crippen LogP contribution < -0.4 is 0 Å². The van der Waals surface area contributed by atoms with E-state index < -0.39 is 11.6 Å². The minimum absolute atomic E-state index is 0.128. The minimum Gasteiger partial charge on any atom is -0.390 e. The van der Waals surface area contributed by atoms with Gasteiger partial charge in [-0.3, -0.25) is 4.99 Å². The zero-order valence-electron chi connectivity index (χ0n) is 15.6. The first kappa shape index (κ1) is 21.0. The summed E-state index contributed by atoms with van der Waals surface area (Å²) in [5.41, 5.74) is -0.119. The largest absolute Gasteiger partial charge is 0.446 e. The molecule has 30 heavy (non-hydrogen) atoms. The van der Waals surface area contributed by atoms with Crippen LogP contribution in [0.5, 0.6) is 0 Å². The van der Waals surface area contributed by atoms with E-state index in [0.29, 0.717) is 11.4 Å². The van der Waals surface area contributed by atoms with Crippen molar-refractivity contribution in [3.8, 4) is 11.1 Å². The summed E-state index contributed by atoms with van der Waals surface area (Å²) >= 11 is 6.13. The molecule has 0 saturated carbocycles. The maximum atomic E-state index is 12.5. The van der Waals surface area contributed by atoms with E-state index in [1.807, 2.05) is 42.5 Å². The molecule has 4 rings (SSSR count). The van der Waals surface area contributed by atoms with Crippen molar-refractivity contribution in [2.45, 2.75) is 29.0 Å². The van der Waals surface area contributed by atoms with Gasteiger partial charge in [-0.15, -0.1) is 0 Å². The van der Waals surface area contributed by atoms with Gasteiger partial charge in [-0.05, 0) is 46.7 Å². The molecule has 3 aromatic rings. The lowest BCUT2D eigenvalue weighted by atomic mass is 9.97. The number of hydrogen-bond donors (Lipinski definition) is 1. The zero-order valence-corrected chi connectivity index (χ0v) is 17.2. The van der Waals surface area contributed by atoms with Crippen molar-refractivity contribution >= 4 is 29.1 Å². The van der Waals surface area contributed by atoms with Crippen molar-refractivity contribution in [1.82, 2.24) is 0 Å². The average Bonchev–Trinajstić information content (AvgIpc) is 3.09. The molecule has 1 aliphatic heterocycles. The Labute approximate surface area is 181 Å². The number of benzene rings is 3. The Morgan fingerprint density at radius 1 is 0.900 bits per heavy atom. The van der Waals surface area contributed by atoms with Gasteiger partial charge in [-0.1, -0.05) is 66.2 Å². The number of nitrogens with zero attached hydrogens (tertiary/aromatic N) is 1. The van der Waals surface area contributed by atoms with Crippen molar-refractivity contribution in [2.75, 3.05) is 0 Å². The number of hydrogen-bond acceptors (Lipinski definition) is 3. The Kier molecular flexibility index (Phi) is 5.91. The molecule has 0 aliphatic carbocycles. The quantitative estimate of drug-likeness (QED) is 0.440. The predicted octanol–water partition coefficient (Wildman–Crippen LogP) is 6.91. The van der Waals surface area contributed by atoms with E-state index >= 15 is 0 Å². The molecule has 3 aromatic carbocycles. The predicted molar refractivity (Wildman–Crippen MR) is 115 cm³/mol. The number of aliphatic imine (C=N–C) groups is 1. The Morgan fingerprint density at radius 3 is 2.10 bits per heavy atom. The molecule has 7 heteroatoms. The number of aliphatic hydroxyl groups is 1. The van der Waals surface area contributed by atoms with Crippen LogP contribution in [0.15, 0.2) is 82.7 Å². The molecule has 0 radical (unpaired) electrons. The Bertz CT molecular complexity index is 1070. The summed E-state index contributed by atoms with van der Waals surface area (Å²) in [5.74, 6) is 0. The number of halogens is 4. The summed E-state index contributed by atoms with van der Waals surface area (Å²) < 4.78 is 37.4. The molecule has 1 heterocycles. The van der Waals surface area contributed by atoms with Gasteiger partial charge in [0.15, 0.2) is 0 Å². The lowest BCUT2D eigenvalue weighted by Crippen LogP contribution is -2.12. The lowest BCUT2D eigenvalue weighted by Gasteiger charge is -2.13. The van der Waals surface area contributed by atoms with Crippen molar-refractivity contribution in [3.05, 3.63) is 88.9 Å². The highest BCUT2D eigenvalue weighted by atomic mass is 35.5. The normalized spacial score (nSPS) is 19.0. The van der Waals surface area contributed by atoms with E-state index in [9.17, 15) is 18.3 Å². The van der Waals surface area contributed by atoms with Gasteiger partial charge in [-0.25, -0.2) is 0 Å². The molecule has 0 fully saturated rings. The maximum absolute atomic E-state index is 12.5. The highest BCUT2D eigenvalue weighted by molar-refractivity contribution is 8.00. The molecule has 1 aliphatic rings. The molecule has 1 N–H and O–H groups in total. The van der Waals surface area contributed by atoms with E-state index in [1.165, 1.54) is 12.1 Å². The first-order valence-corrected chi connectivity index (χ1v) is 10.5. The Morgan fingerprint density at radius 2 is 1.50 bits per heavy atom. The van der Waals surface area contributed by atoms with Crippen molar-refractivity contribution < 1.29 is 18.3 Å². The van der Waals surface area contributed by atoms with E-state index in [2.05, 4.69) is 0 Å². The van der Waals surface area contributed by atoms with Crippen molar-refractivity contribution in [3.63, 3.8) is 0 Å². The maximum Gasteiger partial charge on any atom is 0.446 e. The molecule has 0 aromatic heterocycles. The number of alkyl halides is 3. The first-order chi connectivity index (χ1) is 14.3.